The van der Waals surface area contributed by atoms with Crippen molar-refractivity contribution in [2.24, 2.45) is 0 Å². The lowest BCUT2D eigenvalue weighted by atomic mass is 9.97. The van der Waals surface area contributed by atoms with E-state index in [1.165, 1.54) is 10.8 Å². The summed E-state index contributed by atoms with van der Waals surface area (Å²) in [4.78, 5) is 21.8. The van der Waals surface area contributed by atoms with Gasteiger partial charge in [-0.2, -0.15) is 0 Å². The predicted octanol–water partition coefficient (Wildman–Crippen LogP) is 4.71. The van der Waals surface area contributed by atoms with Crippen LogP contribution >= 0.6 is 0 Å². The number of hydrogen-bond acceptors (Lipinski definition) is 5. The average molecular weight is 474 g/mol. The smallest absolute Gasteiger partial charge is 0.222 e. The van der Waals surface area contributed by atoms with Crippen molar-refractivity contribution in [2.45, 2.75) is 50.7 Å². The predicted molar refractivity (Wildman–Crippen MR) is 138 cm³/mol. The molecule has 184 valence electrons. The normalized spacial score (nSPS) is 18.0. The summed E-state index contributed by atoms with van der Waals surface area (Å²) < 4.78 is 11.7. The number of carbonyl (C=O) groups excluding carboxylic acids is 1. The zero-order valence-corrected chi connectivity index (χ0v) is 20.6. The molecule has 3 heterocycles. The monoisotopic (exact) mass is 473 g/mol. The first kappa shape index (κ1) is 23.6. The molecule has 6 nitrogen and oxygen atoms in total. The first-order chi connectivity index (χ1) is 17.2. The van der Waals surface area contributed by atoms with Crippen molar-refractivity contribution in [1.29, 1.82) is 0 Å². The lowest BCUT2D eigenvalue weighted by Gasteiger charge is -2.41. The second-order valence-electron chi connectivity index (χ2n) is 9.62. The number of methoxy groups -OCH3 is 1. The number of ether oxygens (including phenoxy) is 2. The van der Waals surface area contributed by atoms with E-state index in [-0.39, 0.29) is 12.0 Å². The number of rotatable bonds is 7. The van der Waals surface area contributed by atoms with Crippen LogP contribution in [0.3, 0.4) is 0 Å². The summed E-state index contributed by atoms with van der Waals surface area (Å²) in [5.74, 6) is 2.03. The van der Waals surface area contributed by atoms with Gasteiger partial charge in [0.1, 0.15) is 17.6 Å². The molecule has 0 N–H and O–H groups in total. The number of amides is 1. The molecule has 1 aromatic heterocycles. The molecule has 0 saturated carbocycles. The van der Waals surface area contributed by atoms with Crippen LogP contribution in [0.1, 0.15) is 37.7 Å². The van der Waals surface area contributed by atoms with E-state index in [1.54, 1.807) is 19.5 Å². The molecule has 3 aromatic rings. The van der Waals surface area contributed by atoms with Crippen molar-refractivity contribution in [3.63, 3.8) is 0 Å². The van der Waals surface area contributed by atoms with Crippen molar-refractivity contribution in [3.8, 4) is 11.5 Å². The van der Waals surface area contributed by atoms with E-state index in [0.29, 0.717) is 18.9 Å². The van der Waals surface area contributed by atoms with Gasteiger partial charge >= 0.3 is 0 Å². The van der Waals surface area contributed by atoms with Crippen molar-refractivity contribution >= 4 is 16.7 Å². The van der Waals surface area contributed by atoms with Gasteiger partial charge in [0.2, 0.25) is 5.91 Å². The molecular weight excluding hydrogens is 438 g/mol. The van der Waals surface area contributed by atoms with Crippen LogP contribution in [0, 0.1) is 0 Å². The summed E-state index contributed by atoms with van der Waals surface area (Å²) >= 11 is 0. The Morgan fingerprint density at radius 1 is 0.943 bits per heavy atom. The van der Waals surface area contributed by atoms with Gasteiger partial charge in [-0.05, 0) is 61.1 Å². The standard InChI is InChI=1S/C29H35N3O3/c1-34-28-8-6-22-4-2-3-5-26(22)27(28)7-9-29(33)32-18-12-23(13-19-32)31-20-14-25(15-21-31)35-24-10-16-30-17-11-24/h2-6,8,10-11,16-17,23,25H,7,9,12-15,18-21H2,1H3. The van der Waals surface area contributed by atoms with Crippen molar-refractivity contribution in [2.75, 3.05) is 33.3 Å². The molecule has 6 heteroatoms. The van der Waals surface area contributed by atoms with Crippen LogP contribution in [0.4, 0.5) is 0 Å². The van der Waals surface area contributed by atoms with Gasteiger partial charge in [-0.3, -0.25) is 14.7 Å². The van der Waals surface area contributed by atoms with Crippen LogP contribution in [0.15, 0.2) is 60.9 Å². The highest BCUT2D eigenvalue weighted by molar-refractivity contribution is 5.88. The molecule has 0 atom stereocenters. The third-order valence-electron chi connectivity index (χ3n) is 7.57. The first-order valence-corrected chi connectivity index (χ1v) is 12.8. The molecule has 5 rings (SSSR count). The minimum Gasteiger partial charge on any atom is -0.496 e. The maximum atomic E-state index is 13.1. The Morgan fingerprint density at radius 2 is 1.69 bits per heavy atom. The van der Waals surface area contributed by atoms with Crippen molar-refractivity contribution in [3.05, 3.63) is 66.5 Å². The number of aromatic nitrogens is 1. The summed E-state index contributed by atoms with van der Waals surface area (Å²) in [5, 5.41) is 2.36. The highest BCUT2D eigenvalue weighted by atomic mass is 16.5. The Kier molecular flexibility index (Phi) is 7.48. The summed E-state index contributed by atoms with van der Waals surface area (Å²) in [6.45, 7) is 3.83. The Labute approximate surface area is 207 Å². The second kappa shape index (κ2) is 11.1. The van der Waals surface area contributed by atoms with Crippen LogP contribution in [0.2, 0.25) is 0 Å². The number of pyridine rings is 1. The van der Waals surface area contributed by atoms with E-state index in [2.05, 4.69) is 33.0 Å². The Bertz CT molecular complexity index is 1120. The van der Waals surface area contributed by atoms with Gasteiger partial charge in [-0.15, -0.1) is 0 Å². The minimum atomic E-state index is 0.253. The molecule has 35 heavy (non-hydrogen) atoms. The number of carbonyl (C=O) groups is 1. The molecule has 1 amide bonds. The van der Waals surface area contributed by atoms with Gasteiger partial charge in [0.05, 0.1) is 7.11 Å². The number of piperidine rings is 2. The molecule has 2 aromatic carbocycles. The Morgan fingerprint density at radius 3 is 2.43 bits per heavy atom. The second-order valence-corrected chi connectivity index (χ2v) is 9.62. The lowest BCUT2D eigenvalue weighted by Crippen LogP contribution is -2.50. The largest absolute Gasteiger partial charge is 0.496 e. The van der Waals surface area contributed by atoms with Crippen LogP contribution in [0.5, 0.6) is 11.5 Å². The lowest BCUT2D eigenvalue weighted by molar-refractivity contribution is -0.132. The van der Waals surface area contributed by atoms with E-state index in [0.717, 1.165) is 68.9 Å². The van der Waals surface area contributed by atoms with Crippen LogP contribution in [-0.2, 0) is 11.2 Å². The highest BCUT2D eigenvalue weighted by Crippen LogP contribution is 2.30. The van der Waals surface area contributed by atoms with Gasteiger partial charge < -0.3 is 14.4 Å². The van der Waals surface area contributed by atoms with Gasteiger partial charge in [0.25, 0.3) is 0 Å². The maximum absolute atomic E-state index is 13.1. The van der Waals surface area contributed by atoms with Gasteiger partial charge in [-0.1, -0.05) is 30.3 Å². The summed E-state index contributed by atoms with van der Waals surface area (Å²) in [5.41, 5.74) is 1.13. The number of likely N-dealkylation sites (tertiary alicyclic amines) is 2. The fourth-order valence-corrected chi connectivity index (χ4v) is 5.60. The average Bonchev–Trinajstić information content (AvgIpc) is 2.92. The minimum absolute atomic E-state index is 0.253. The fourth-order valence-electron chi connectivity index (χ4n) is 5.60. The Balaban J connectivity index is 1.09. The molecule has 2 fully saturated rings. The molecule has 0 spiro atoms. The number of nitrogens with zero attached hydrogens (tertiary/aromatic N) is 3. The number of benzene rings is 2. The third-order valence-corrected chi connectivity index (χ3v) is 7.57. The topological polar surface area (TPSA) is 54.9 Å². The summed E-state index contributed by atoms with van der Waals surface area (Å²) in [6.07, 6.45) is 9.26. The van der Waals surface area contributed by atoms with Crippen molar-refractivity contribution < 1.29 is 14.3 Å². The SMILES string of the molecule is COc1ccc2ccccc2c1CCC(=O)N1CCC(N2CCC(Oc3ccncc3)CC2)CC1. The van der Waals surface area contributed by atoms with E-state index in [1.807, 2.05) is 30.3 Å². The third kappa shape index (κ3) is 5.59. The highest BCUT2D eigenvalue weighted by Gasteiger charge is 2.30. The summed E-state index contributed by atoms with van der Waals surface area (Å²) in [6, 6.07) is 16.8. The molecule has 2 aliphatic rings. The number of aryl methyl sites for hydroxylation is 1. The molecular formula is C29H35N3O3. The van der Waals surface area contributed by atoms with Gasteiger partial charge in [0.15, 0.2) is 0 Å². The number of fused-ring (bicyclic) bond motifs is 1. The van der Waals surface area contributed by atoms with Gasteiger partial charge in [0, 0.05) is 56.6 Å². The molecule has 0 bridgehead atoms. The molecule has 0 unspecified atom stereocenters. The van der Waals surface area contributed by atoms with Crippen LogP contribution in [0.25, 0.3) is 10.8 Å². The molecule has 0 radical (unpaired) electrons. The van der Waals surface area contributed by atoms with Crippen molar-refractivity contribution in [1.82, 2.24) is 14.8 Å². The van der Waals surface area contributed by atoms with E-state index < -0.39 is 0 Å². The quantitative estimate of drug-likeness (QED) is 0.497. The molecule has 2 aliphatic heterocycles. The van der Waals surface area contributed by atoms with E-state index in [9.17, 15) is 4.79 Å². The maximum Gasteiger partial charge on any atom is 0.222 e. The van der Waals surface area contributed by atoms with E-state index >= 15 is 0 Å². The zero-order chi connectivity index (χ0) is 24.0. The van der Waals surface area contributed by atoms with Crippen LogP contribution < -0.4 is 9.47 Å². The molecule has 0 aliphatic carbocycles. The van der Waals surface area contributed by atoms with Crippen LogP contribution in [-0.4, -0.2) is 66.1 Å². The molecule has 2 saturated heterocycles. The number of hydrogen-bond donors (Lipinski definition) is 0. The van der Waals surface area contributed by atoms with Gasteiger partial charge in [-0.25, -0.2) is 0 Å². The first-order valence-electron chi connectivity index (χ1n) is 12.8. The zero-order valence-electron chi connectivity index (χ0n) is 20.6. The summed E-state index contributed by atoms with van der Waals surface area (Å²) in [7, 11) is 1.70. The Hall–Kier alpha value is -3.12. The van der Waals surface area contributed by atoms with E-state index in [4.69, 9.17) is 9.47 Å². The fraction of sp³-hybridized carbons (Fsp3) is 0.448.